The number of benzene rings is 2. The third-order valence-corrected chi connectivity index (χ3v) is 8.42. The lowest BCUT2D eigenvalue weighted by Gasteiger charge is -2.58. The number of nitrogens with one attached hydrogen (secondary N) is 1. The number of alkyl halides is 2. The summed E-state index contributed by atoms with van der Waals surface area (Å²) in [6.45, 7) is -0.426. The van der Waals surface area contributed by atoms with Crippen molar-refractivity contribution in [3.8, 4) is 0 Å². The normalized spacial score (nSPS) is 21.8. The third kappa shape index (κ3) is 4.13. The molecule has 3 aromatic rings. The summed E-state index contributed by atoms with van der Waals surface area (Å²) in [5.41, 5.74) is 0.714. The van der Waals surface area contributed by atoms with E-state index < -0.39 is 41.6 Å². The highest BCUT2D eigenvalue weighted by molar-refractivity contribution is 6.00. The Balaban J connectivity index is 1.19. The van der Waals surface area contributed by atoms with Crippen molar-refractivity contribution in [2.24, 2.45) is 12.5 Å². The van der Waals surface area contributed by atoms with Gasteiger partial charge in [-0.15, -0.1) is 0 Å². The summed E-state index contributed by atoms with van der Waals surface area (Å²) >= 11 is 0. The lowest BCUT2D eigenvalue weighted by molar-refractivity contribution is -0.174. The van der Waals surface area contributed by atoms with Gasteiger partial charge in [0.25, 0.3) is 5.92 Å². The number of para-hydroxylation sites is 1. The molecule has 12 heteroatoms. The van der Waals surface area contributed by atoms with E-state index in [0.717, 1.165) is 10.5 Å². The molecule has 3 aliphatic heterocycles. The number of hydrogen-bond donors (Lipinski definition) is 1. The number of anilines is 1. The fraction of sp³-hybridized carbons (Fsp3) is 0.429. The maximum absolute atomic E-state index is 15.5. The van der Waals surface area contributed by atoms with Gasteiger partial charge >= 0.3 is 11.8 Å². The average molecular weight is 554 g/mol. The van der Waals surface area contributed by atoms with Crippen molar-refractivity contribution in [3.05, 3.63) is 64.6 Å². The van der Waals surface area contributed by atoms with Crippen LogP contribution in [0.4, 0.5) is 19.3 Å². The lowest BCUT2D eigenvalue weighted by Crippen LogP contribution is -2.70. The van der Waals surface area contributed by atoms with Crippen LogP contribution in [0.15, 0.2) is 53.3 Å². The number of aromatic nitrogens is 2. The number of imide groups is 1. The van der Waals surface area contributed by atoms with Crippen LogP contribution in [0.2, 0.25) is 0 Å². The third-order valence-electron chi connectivity index (χ3n) is 8.42. The van der Waals surface area contributed by atoms with Crippen molar-refractivity contribution >= 4 is 34.6 Å². The summed E-state index contributed by atoms with van der Waals surface area (Å²) in [4.78, 5) is 52.8. The van der Waals surface area contributed by atoms with E-state index in [0.29, 0.717) is 16.7 Å². The molecule has 3 saturated heterocycles. The van der Waals surface area contributed by atoms with Gasteiger partial charge in [0.05, 0.1) is 28.7 Å². The van der Waals surface area contributed by atoms with E-state index >= 15 is 8.78 Å². The van der Waals surface area contributed by atoms with Gasteiger partial charge in [-0.2, -0.15) is 0 Å². The van der Waals surface area contributed by atoms with Crippen LogP contribution in [0.1, 0.15) is 30.9 Å². The molecular weight excluding hydrogens is 524 g/mol. The van der Waals surface area contributed by atoms with Crippen LogP contribution in [0.5, 0.6) is 0 Å². The largest absolute Gasteiger partial charge is 0.445 e. The summed E-state index contributed by atoms with van der Waals surface area (Å²) in [7, 11) is 1.58. The minimum Gasteiger partial charge on any atom is -0.445 e. The first-order valence-electron chi connectivity index (χ1n) is 13.2. The molecule has 0 aliphatic carbocycles. The van der Waals surface area contributed by atoms with E-state index in [1.807, 2.05) is 23.1 Å². The molecule has 3 fully saturated rings. The van der Waals surface area contributed by atoms with E-state index in [2.05, 4.69) is 5.32 Å². The van der Waals surface area contributed by atoms with E-state index in [-0.39, 0.29) is 51.4 Å². The molecule has 1 aromatic heterocycles. The molecule has 10 nitrogen and oxygen atoms in total. The van der Waals surface area contributed by atoms with Gasteiger partial charge in [0, 0.05) is 33.1 Å². The molecule has 1 N–H and O–H groups in total. The van der Waals surface area contributed by atoms with Gasteiger partial charge in [-0.1, -0.05) is 36.4 Å². The predicted octanol–water partition coefficient (Wildman–Crippen LogP) is 2.80. The summed E-state index contributed by atoms with van der Waals surface area (Å²) in [5, 5.41) is 2.29. The fourth-order valence-electron chi connectivity index (χ4n) is 6.13. The summed E-state index contributed by atoms with van der Waals surface area (Å²) in [5.74, 6) is -4.04. The second-order valence-electron chi connectivity index (χ2n) is 10.9. The number of nitrogens with zero attached hydrogens (tertiary/aromatic N) is 4. The Morgan fingerprint density at radius 3 is 2.50 bits per heavy atom. The molecule has 1 atom stereocenters. The highest BCUT2D eigenvalue weighted by atomic mass is 19.3. The first kappa shape index (κ1) is 26.0. The minimum absolute atomic E-state index is 0.0157. The first-order chi connectivity index (χ1) is 19.1. The van der Waals surface area contributed by atoms with Crippen molar-refractivity contribution in [2.75, 3.05) is 31.1 Å². The number of hydrogen-bond acceptors (Lipinski definition) is 6. The second-order valence-corrected chi connectivity index (χ2v) is 10.9. The molecule has 40 heavy (non-hydrogen) atoms. The van der Waals surface area contributed by atoms with E-state index in [1.54, 1.807) is 37.4 Å². The summed E-state index contributed by atoms with van der Waals surface area (Å²) in [6.07, 6.45) is -0.316. The van der Waals surface area contributed by atoms with Gasteiger partial charge in [-0.05, 0) is 30.5 Å². The molecule has 1 unspecified atom stereocenters. The number of halogens is 2. The Labute approximate surface area is 228 Å². The van der Waals surface area contributed by atoms with Crippen molar-refractivity contribution in [1.29, 1.82) is 0 Å². The van der Waals surface area contributed by atoms with Crippen molar-refractivity contribution in [2.45, 2.75) is 37.8 Å². The Morgan fingerprint density at radius 1 is 1.05 bits per heavy atom. The summed E-state index contributed by atoms with van der Waals surface area (Å²) < 4.78 is 39.1. The maximum atomic E-state index is 15.5. The van der Waals surface area contributed by atoms with Gasteiger partial charge in [-0.3, -0.25) is 24.0 Å². The van der Waals surface area contributed by atoms with Crippen molar-refractivity contribution in [1.82, 2.24) is 19.4 Å². The fourth-order valence-corrected chi connectivity index (χ4v) is 6.13. The zero-order valence-electron chi connectivity index (χ0n) is 21.9. The Bertz CT molecular complexity index is 1560. The lowest BCUT2D eigenvalue weighted by atomic mass is 9.69. The van der Waals surface area contributed by atoms with Crippen LogP contribution in [0.25, 0.3) is 11.0 Å². The number of piperidine rings is 2. The predicted molar refractivity (Wildman–Crippen MR) is 141 cm³/mol. The zero-order chi connectivity index (χ0) is 28.2. The van der Waals surface area contributed by atoms with E-state index in [9.17, 15) is 19.2 Å². The first-order valence-corrected chi connectivity index (χ1v) is 13.2. The Morgan fingerprint density at radius 2 is 1.80 bits per heavy atom. The topological polar surface area (TPSA) is 106 Å². The molecular formula is C28H29F2N5O5. The van der Waals surface area contributed by atoms with Gasteiger partial charge in [0.1, 0.15) is 12.6 Å². The van der Waals surface area contributed by atoms with Crippen molar-refractivity contribution < 1.29 is 27.9 Å². The maximum Gasteiger partial charge on any atom is 0.410 e. The number of fused-ring (bicyclic) bond motifs is 1. The smallest absolute Gasteiger partial charge is 0.410 e. The molecule has 1 spiro atoms. The SMILES string of the molecule is Cn1c(=O)n(C2CCC(=O)NC2=O)c2cccc(N3CC4(CCN(C(=O)OCc5ccccc5)CC4(F)F)C3)c21. The number of imidazole rings is 1. The Kier molecular flexibility index (Phi) is 6.15. The number of ether oxygens (including phenoxy) is 1. The van der Waals surface area contributed by atoms with Gasteiger partial charge in [0.15, 0.2) is 0 Å². The van der Waals surface area contributed by atoms with Crippen LogP contribution in [-0.4, -0.2) is 64.0 Å². The van der Waals surface area contributed by atoms with Crippen molar-refractivity contribution in [3.63, 3.8) is 0 Å². The van der Waals surface area contributed by atoms with Gasteiger partial charge in [0.2, 0.25) is 11.8 Å². The van der Waals surface area contributed by atoms with Gasteiger partial charge in [-0.25, -0.2) is 18.4 Å². The molecule has 210 valence electrons. The highest BCUT2D eigenvalue weighted by Gasteiger charge is 2.63. The van der Waals surface area contributed by atoms with Crippen LogP contribution >= 0.6 is 0 Å². The van der Waals surface area contributed by atoms with Crippen LogP contribution in [-0.2, 0) is 28.0 Å². The van der Waals surface area contributed by atoms with E-state index in [4.69, 9.17) is 4.74 Å². The number of likely N-dealkylation sites (tertiary alicyclic amines) is 1. The summed E-state index contributed by atoms with van der Waals surface area (Å²) in [6, 6.07) is 13.4. The van der Waals surface area contributed by atoms with Crippen LogP contribution in [0.3, 0.4) is 0 Å². The van der Waals surface area contributed by atoms with E-state index in [1.165, 1.54) is 9.13 Å². The molecule has 6 rings (SSSR count). The number of aryl methyl sites for hydroxylation is 1. The molecule has 0 bridgehead atoms. The molecule has 4 heterocycles. The monoisotopic (exact) mass is 553 g/mol. The highest BCUT2D eigenvalue weighted by Crippen LogP contribution is 2.52. The molecule has 3 aliphatic rings. The average Bonchev–Trinajstić information content (AvgIpc) is 3.16. The van der Waals surface area contributed by atoms with Crippen LogP contribution in [0, 0.1) is 5.41 Å². The second kappa shape index (κ2) is 9.46. The molecule has 0 radical (unpaired) electrons. The standard InChI is InChI=1S/C28H29F2N5O5/c1-32-23-19(8-5-9-20(23)35(25(32)38)21-10-11-22(36)31-24(21)37)34-15-27(16-34)12-13-33(17-28(27,29)30)26(39)40-14-18-6-3-2-4-7-18/h2-9,21H,10-17H2,1H3,(H,31,36,37). The molecule has 0 saturated carbocycles. The number of rotatable bonds is 4. The quantitative estimate of drug-likeness (QED) is 0.499. The van der Waals surface area contributed by atoms with Crippen LogP contribution < -0.4 is 15.9 Å². The Hall–Kier alpha value is -4.22. The zero-order valence-corrected chi connectivity index (χ0v) is 21.9. The van der Waals surface area contributed by atoms with Gasteiger partial charge < -0.3 is 14.5 Å². The number of amides is 3. The number of carbonyl (C=O) groups is 3. The number of carbonyl (C=O) groups excluding carboxylic acids is 3. The minimum atomic E-state index is -3.13. The molecule has 3 amide bonds. The molecule has 2 aromatic carbocycles.